The number of aromatic nitrogens is 1. The molecule has 2 aromatic carbocycles. The van der Waals surface area contributed by atoms with Gasteiger partial charge in [0.25, 0.3) is 0 Å². The molecule has 0 aliphatic carbocycles. The summed E-state index contributed by atoms with van der Waals surface area (Å²) in [5.74, 6) is 0.459. The highest BCUT2D eigenvalue weighted by atomic mass is 16.5. The standard InChI is InChI=1S/C27H29NO4/c1-31-24-15-11-22(12-16-24)9-5-6-20-32-26-18-14-23(28-25(26)17-19-27(29)30)13-10-21-7-3-2-4-8-21/h2-4,7-8,11-12,14-19H,5-6,9-10,13,20H2,1H3,(H,29,30). The number of unbranched alkanes of at least 4 members (excludes halogenated alkanes) is 1. The summed E-state index contributed by atoms with van der Waals surface area (Å²) in [7, 11) is 1.66. The normalized spacial score (nSPS) is 10.9. The summed E-state index contributed by atoms with van der Waals surface area (Å²) in [5, 5.41) is 9.01. The number of pyridine rings is 1. The van der Waals surface area contributed by atoms with Gasteiger partial charge in [0, 0.05) is 11.8 Å². The van der Waals surface area contributed by atoms with Crippen LogP contribution < -0.4 is 9.47 Å². The molecule has 0 unspecified atom stereocenters. The summed E-state index contributed by atoms with van der Waals surface area (Å²) < 4.78 is 11.1. The van der Waals surface area contributed by atoms with E-state index in [0.717, 1.165) is 49.6 Å². The molecule has 0 aliphatic rings. The predicted octanol–water partition coefficient (Wildman–Crippen LogP) is 5.37. The van der Waals surface area contributed by atoms with Crippen LogP contribution in [0, 0.1) is 0 Å². The molecule has 0 saturated carbocycles. The van der Waals surface area contributed by atoms with Crippen LogP contribution in [0.3, 0.4) is 0 Å². The highest BCUT2D eigenvalue weighted by Crippen LogP contribution is 2.20. The Morgan fingerprint density at radius 1 is 0.906 bits per heavy atom. The first-order chi connectivity index (χ1) is 15.6. The van der Waals surface area contributed by atoms with Gasteiger partial charge in [-0.3, -0.25) is 0 Å². The first-order valence-electron chi connectivity index (χ1n) is 10.8. The number of ether oxygens (including phenoxy) is 2. The highest BCUT2D eigenvalue weighted by molar-refractivity contribution is 5.85. The van der Waals surface area contributed by atoms with Crippen molar-refractivity contribution in [2.75, 3.05) is 13.7 Å². The zero-order valence-electron chi connectivity index (χ0n) is 18.4. The van der Waals surface area contributed by atoms with Gasteiger partial charge in [-0.25, -0.2) is 9.78 Å². The van der Waals surface area contributed by atoms with Crippen LogP contribution in [0.1, 0.15) is 35.4 Å². The van der Waals surface area contributed by atoms with Crippen LogP contribution in [0.2, 0.25) is 0 Å². The third kappa shape index (κ3) is 7.58. The lowest BCUT2D eigenvalue weighted by Gasteiger charge is -2.11. The Morgan fingerprint density at radius 3 is 2.38 bits per heavy atom. The minimum Gasteiger partial charge on any atom is -0.497 e. The van der Waals surface area contributed by atoms with E-state index >= 15 is 0 Å². The molecule has 0 atom stereocenters. The fourth-order valence-corrected chi connectivity index (χ4v) is 3.36. The van der Waals surface area contributed by atoms with E-state index in [2.05, 4.69) is 29.2 Å². The summed E-state index contributed by atoms with van der Waals surface area (Å²) in [4.78, 5) is 15.6. The third-order valence-electron chi connectivity index (χ3n) is 5.12. The number of aliphatic carboxylic acids is 1. The molecule has 0 bridgehead atoms. The second kappa shape index (κ2) is 12.3. The van der Waals surface area contributed by atoms with Crippen LogP contribution in [0.4, 0.5) is 0 Å². The van der Waals surface area contributed by atoms with Crippen LogP contribution in [-0.2, 0) is 24.1 Å². The Balaban J connectivity index is 1.54. The maximum Gasteiger partial charge on any atom is 0.328 e. The van der Waals surface area contributed by atoms with Gasteiger partial charge in [-0.2, -0.15) is 0 Å². The molecule has 3 rings (SSSR count). The Labute approximate surface area is 189 Å². The zero-order chi connectivity index (χ0) is 22.6. The average Bonchev–Trinajstić information content (AvgIpc) is 2.83. The zero-order valence-corrected chi connectivity index (χ0v) is 18.4. The summed E-state index contributed by atoms with van der Waals surface area (Å²) in [6.45, 7) is 0.551. The van der Waals surface area contributed by atoms with E-state index in [1.807, 2.05) is 42.5 Å². The number of nitrogens with zero attached hydrogens (tertiary/aromatic N) is 1. The van der Waals surface area contributed by atoms with Gasteiger partial charge in [0.2, 0.25) is 0 Å². The lowest BCUT2D eigenvalue weighted by atomic mass is 10.1. The molecule has 0 radical (unpaired) electrons. The highest BCUT2D eigenvalue weighted by Gasteiger charge is 2.07. The monoisotopic (exact) mass is 431 g/mol. The number of carboxylic acids is 1. The van der Waals surface area contributed by atoms with E-state index in [1.165, 1.54) is 17.2 Å². The fraction of sp³-hybridized carbons (Fsp3) is 0.259. The van der Waals surface area contributed by atoms with E-state index in [4.69, 9.17) is 14.6 Å². The van der Waals surface area contributed by atoms with Crippen molar-refractivity contribution in [2.45, 2.75) is 32.1 Å². The summed E-state index contributed by atoms with van der Waals surface area (Å²) in [6.07, 6.45) is 7.11. The maximum atomic E-state index is 11.0. The Hall–Kier alpha value is -3.60. The second-order valence-electron chi connectivity index (χ2n) is 7.50. The number of hydrogen-bond acceptors (Lipinski definition) is 4. The van der Waals surface area contributed by atoms with Crippen molar-refractivity contribution in [1.29, 1.82) is 0 Å². The van der Waals surface area contributed by atoms with Crippen molar-refractivity contribution in [3.63, 3.8) is 0 Å². The number of rotatable bonds is 12. The van der Waals surface area contributed by atoms with Gasteiger partial charge in [0.1, 0.15) is 17.2 Å². The summed E-state index contributed by atoms with van der Waals surface area (Å²) >= 11 is 0. The number of carbonyl (C=O) groups is 1. The van der Waals surface area contributed by atoms with Gasteiger partial charge in [-0.15, -0.1) is 0 Å². The quantitative estimate of drug-likeness (QED) is 0.308. The van der Waals surface area contributed by atoms with E-state index in [-0.39, 0.29) is 0 Å². The molecule has 0 fully saturated rings. The van der Waals surface area contributed by atoms with Gasteiger partial charge in [-0.1, -0.05) is 42.5 Å². The number of benzene rings is 2. The lowest BCUT2D eigenvalue weighted by molar-refractivity contribution is -0.131. The molecule has 5 nitrogen and oxygen atoms in total. The largest absolute Gasteiger partial charge is 0.497 e. The van der Waals surface area contributed by atoms with E-state index in [1.54, 1.807) is 7.11 Å². The van der Waals surface area contributed by atoms with Crippen molar-refractivity contribution in [1.82, 2.24) is 4.98 Å². The Bertz CT molecular complexity index is 1010. The van der Waals surface area contributed by atoms with Crippen molar-refractivity contribution >= 4 is 12.0 Å². The number of carboxylic acid groups (broad SMARTS) is 1. The number of aryl methyl sites for hydroxylation is 3. The molecule has 0 saturated heterocycles. The van der Waals surface area contributed by atoms with Crippen molar-refractivity contribution in [2.24, 2.45) is 0 Å². The van der Waals surface area contributed by atoms with Crippen LogP contribution in [0.15, 0.2) is 72.8 Å². The number of methoxy groups -OCH3 is 1. The molecule has 0 spiro atoms. The fourth-order valence-electron chi connectivity index (χ4n) is 3.36. The smallest absolute Gasteiger partial charge is 0.328 e. The lowest BCUT2D eigenvalue weighted by Crippen LogP contribution is -2.03. The minimum absolute atomic E-state index is 0.549. The molecule has 1 N–H and O–H groups in total. The van der Waals surface area contributed by atoms with E-state index in [0.29, 0.717) is 18.1 Å². The van der Waals surface area contributed by atoms with Crippen LogP contribution in [0.25, 0.3) is 6.08 Å². The molecule has 1 aromatic heterocycles. The van der Waals surface area contributed by atoms with Crippen LogP contribution in [0.5, 0.6) is 11.5 Å². The topological polar surface area (TPSA) is 68.7 Å². The molecular weight excluding hydrogens is 402 g/mol. The van der Waals surface area contributed by atoms with Crippen LogP contribution in [-0.4, -0.2) is 29.8 Å². The summed E-state index contributed by atoms with van der Waals surface area (Å²) in [5.41, 5.74) is 3.97. The van der Waals surface area contributed by atoms with Gasteiger partial charge in [0.05, 0.1) is 13.7 Å². The van der Waals surface area contributed by atoms with Gasteiger partial charge >= 0.3 is 5.97 Å². The van der Waals surface area contributed by atoms with Crippen LogP contribution >= 0.6 is 0 Å². The first-order valence-corrected chi connectivity index (χ1v) is 10.8. The SMILES string of the molecule is COc1ccc(CCCCOc2ccc(CCc3ccccc3)nc2C=CC(=O)O)cc1. The maximum absolute atomic E-state index is 11.0. The molecule has 5 heteroatoms. The second-order valence-corrected chi connectivity index (χ2v) is 7.50. The van der Waals surface area contributed by atoms with Gasteiger partial charge in [0.15, 0.2) is 0 Å². The minimum atomic E-state index is -1.01. The van der Waals surface area contributed by atoms with Crippen molar-refractivity contribution < 1.29 is 19.4 Å². The third-order valence-corrected chi connectivity index (χ3v) is 5.12. The molecule has 0 aliphatic heterocycles. The molecule has 1 heterocycles. The first kappa shape index (κ1) is 23.1. The van der Waals surface area contributed by atoms with Crippen molar-refractivity contribution in [3.8, 4) is 11.5 Å². The summed E-state index contributed by atoms with van der Waals surface area (Å²) in [6, 6.07) is 22.2. The molecule has 0 amide bonds. The van der Waals surface area contributed by atoms with E-state index < -0.39 is 5.97 Å². The molecular formula is C27H29NO4. The van der Waals surface area contributed by atoms with E-state index in [9.17, 15) is 4.79 Å². The molecule has 166 valence electrons. The number of hydrogen-bond donors (Lipinski definition) is 1. The van der Waals surface area contributed by atoms with Crippen molar-refractivity contribution in [3.05, 3.63) is 95.3 Å². The molecule has 32 heavy (non-hydrogen) atoms. The predicted molar refractivity (Wildman–Crippen MR) is 126 cm³/mol. The molecule has 3 aromatic rings. The van der Waals surface area contributed by atoms with Gasteiger partial charge < -0.3 is 14.6 Å². The average molecular weight is 432 g/mol. The Morgan fingerprint density at radius 2 is 1.66 bits per heavy atom. The van der Waals surface area contributed by atoms with Gasteiger partial charge in [-0.05, 0) is 73.6 Å². The Kier molecular flexibility index (Phi) is 8.87.